The molecule has 0 radical (unpaired) electrons. The first kappa shape index (κ1) is 12.8. The summed E-state index contributed by atoms with van der Waals surface area (Å²) in [5, 5.41) is 2.60. The number of amides is 2. The van der Waals surface area contributed by atoms with E-state index in [4.69, 9.17) is 5.73 Å². The van der Waals surface area contributed by atoms with Crippen molar-refractivity contribution in [3.63, 3.8) is 0 Å². The molecule has 1 atom stereocenters. The Labute approximate surface area is 82.2 Å². The van der Waals surface area contributed by atoms with Crippen LogP contribution in [0.2, 0.25) is 0 Å². The Balaban J connectivity index is 3.42. The summed E-state index contributed by atoms with van der Waals surface area (Å²) in [6, 6.07) is -0.924. The van der Waals surface area contributed by atoms with Gasteiger partial charge in [0.2, 0.25) is 11.8 Å². The third kappa shape index (κ3) is 6.36. The highest BCUT2D eigenvalue weighted by Crippen LogP contribution is 2.00. The molecule has 0 spiro atoms. The summed E-state index contributed by atoms with van der Waals surface area (Å²) in [5.74, 6) is -0.799. The van der Waals surface area contributed by atoms with Gasteiger partial charge >= 0.3 is 0 Å². The highest BCUT2D eigenvalue weighted by atomic mass is 19.2. The topological polar surface area (TPSA) is 84.2 Å². The number of halogens is 1. The Morgan fingerprint density at radius 3 is 2.50 bits per heavy atom. The van der Waals surface area contributed by atoms with Gasteiger partial charge in [-0.05, 0) is 19.3 Å². The number of nitrogens with one attached hydrogen (secondary N) is 2. The minimum absolute atomic E-state index is 0.0972. The standard InChI is InChI=1S/C8H16FN3O2/c1-6(13)11-5-3-2-4-7(12-9)8(10)14/h7,12H,2-5H2,1H3,(H2,10,14)(H,11,13). The molecule has 82 valence electrons. The van der Waals surface area contributed by atoms with Gasteiger partial charge in [-0.3, -0.25) is 9.59 Å². The second-order valence-electron chi connectivity index (χ2n) is 3.04. The number of rotatable bonds is 7. The predicted octanol–water partition coefficient (Wildman–Crippen LogP) is -0.379. The summed E-state index contributed by atoms with van der Waals surface area (Å²) < 4.78 is 11.9. The van der Waals surface area contributed by atoms with E-state index >= 15 is 0 Å². The van der Waals surface area contributed by atoms with E-state index in [2.05, 4.69) is 5.32 Å². The zero-order chi connectivity index (χ0) is 11.0. The van der Waals surface area contributed by atoms with Crippen molar-refractivity contribution < 1.29 is 14.1 Å². The molecule has 1 unspecified atom stereocenters. The normalized spacial score (nSPS) is 12.1. The molecule has 0 aliphatic rings. The second-order valence-corrected chi connectivity index (χ2v) is 3.04. The van der Waals surface area contributed by atoms with Crippen LogP contribution in [0.25, 0.3) is 0 Å². The van der Waals surface area contributed by atoms with E-state index in [-0.39, 0.29) is 5.91 Å². The molecular weight excluding hydrogens is 189 g/mol. The monoisotopic (exact) mass is 205 g/mol. The van der Waals surface area contributed by atoms with E-state index in [1.165, 1.54) is 12.5 Å². The molecule has 0 aliphatic carbocycles. The van der Waals surface area contributed by atoms with Crippen LogP contribution < -0.4 is 16.6 Å². The van der Waals surface area contributed by atoms with Crippen LogP contribution in [0.5, 0.6) is 0 Å². The summed E-state index contributed by atoms with van der Waals surface area (Å²) in [4.78, 5) is 21.0. The van der Waals surface area contributed by atoms with Crippen LogP contribution in [-0.2, 0) is 9.59 Å². The molecule has 0 aromatic heterocycles. The molecule has 0 heterocycles. The summed E-state index contributed by atoms with van der Waals surface area (Å²) >= 11 is 0. The lowest BCUT2D eigenvalue weighted by Gasteiger charge is -2.08. The highest BCUT2D eigenvalue weighted by molar-refractivity contribution is 5.79. The Morgan fingerprint density at radius 2 is 2.07 bits per heavy atom. The number of hydrogen-bond donors (Lipinski definition) is 3. The smallest absolute Gasteiger partial charge is 0.237 e. The van der Waals surface area contributed by atoms with Crippen LogP contribution in [0, 0.1) is 0 Å². The molecule has 2 amide bonds. The minimum atomic E-state index is -0.924. The van der Waals surface area contributed by atoms with Crippen LogP contribution in [0.15, 0.2) is 0 Å². The fraction of sp³-hybridized carbons (Fsp3) is 0.750. The number of unbranched alkanes of at least 4 members (excludes halogenated alkanes) is 1. The van der Waals surface area contributed by atoms with Gasteiger partial charge in [-0.15, -0.1) is 10.0 Å². The molecule has 4 N–H and O–H groups in total. The Bertz CT molecular complexity index is 199. The van der Waals surface area contributed by atoms with Gasteiger partial charge in [0.05, 0.1) is 0 Å². The van der Waals surface area contributed by atoms with Crippen molar-refractivity contribution in [1.29, 1.82) is 0 Å². The van der Waals surface area contributed by atoms with E-state index in [0.29, 0.717) is 25.8 Å². The first-order valence-electron chi connectivity index (χ1n) is 4.48. The fourth-order valence-electron chi connectivity index (χ4n) is 0.988. The SMILES string of the molecule is CC(=O)NCCCCC(NF)C(N)=O. The Hall–Kier alpha value is -1.17. The third-order valence-electron chi connectivity index (χ3n) is 1.77. The van der Waals surface area contributed by atoms with E-state index in [0.717, 1.165) is 0 Å². The number of carbonyl (C=O) groups is 2. The lowest BCUT2D eigenvalue weighted by atomic mass is 10.1. The zero-order valence-electron chi connectivity index (χ0n) is 8.18. The molecule has 0 saturated carbocycles. The number of hydrogen-bond acceptors (Lipinski definition) is 3. The third-order valence-corrected chi connectivity index (χ3v) is 1.77. The van der Waals surface area contributed by atoms with Gasteiger partial charge in [0, 0.05) is 13.5 Å². The van der Waals surface area contributed by atoms with Crippen LogP contribution in [0.1, 0.15) is 26.2 Å². The maximum absolute atomic E-state index is 11.9. The average Bonchev–Trinajstić information content (AvgIpc) is 2.10. The van der Waals surface area contributed by atoms with E-state index in [1.807, 2.05) is 0 Å². The second kappa shape index (κ2) is 7.25. The highest BCUT2D eigenvalue weighted by Gasteiger charge is 2.13. The van der Waals surface area contributed by atoms with Gasteiger partial charge < -0.3 is 11.1 Å². The van der Waals surface area contributed by atoms with Crippen molar-refractivity contribution in [2.75, 3.05) is 6.54 Å². The molecule has 0 aliphatic heterocycles. The predicted molar refractivity (Wildman–Crippen MR) is 49.8 cm³/mol. The molecule has 0 fully saturated rings. The maximum Gasteiger partial charge on any atom is 0.237 e. The molecule has 0 aromatic carbocycles. The molecule has 5 nitrogen and oxygen atoms in total. The summed E-state index contributed by atoms with van der Waals surface area (Å²) in [7, 11) is 0. The van der Waals surface area contributed by atoms with Gasteiger partial charge in [0.1, 0.15) is 6.04 Å². The average molecular weight is 205 g/mol. The van der Waals surface area contributed by atoms with E-state index < -0.39 is 11.9 Å². The first-order chi connectivity index (χ1) is 6.57. The van der Waals surface area contributed by atoms with E-state index in [9.17, 15) is 14.1 Å². The molecule has 0 bridgehead atoms. The first-order valence-corrected chi connectivity index (χ1v) is 4.48. The molecule has 6 heteroatoms. The van der Waals surface area contributed by atoms with Crippen LogP contribution in [0.3, 0.4) is 0 Å². The molecule has 0 saturated heterocycles. The van der Waals surface area contributed by atoms with Gasteiger partial charge in [-0.2, -0.15) is 0 Å². The lowest BCUT2D eigenvalue weighted by Crippen LogP contribution is -2.37. The van der Waals surface area contributed by atoms with Crippen molar-refractivity contribution in [1.82, 2.24) is 10.9 Å². The maximum atomic E-state index is 11.9. The molecular formula is C8H16FN3O2. The molecule has 0 rings (SSSR count). The van der Waals surface area contributed by atoms with Crippen molar-refractivity contribution in [3.8, 4) is 0 Å². The van der Waals surface area contributed by atoms with Gasteiger partial charge in [0.25, 0.3) is 0 Å². The zero-order valence-corrected chi connectivity index (χ0v) is 8.18. The molecule has 0 aromatic rings. The summed E-state index contributed by atoms with van der Waals surface area (Å²) in [6.07, 6.45) is 1.67. The Morgan fingerprint density at radius 1 is 1.43 bits per heavy atom. The fourth-order valence-corrected chi connectivity index (χ4v) is 0.988. The van der Waals surface area contributed by atoms with Crippen LogP contribution in [-0.4, -0.2) is 24.4 Å². The number of primary amides is 1. The van der Waals surface area contributed by atoms with Gasteiger partial charge in [0.15, 0.2) is 0 Å². The minimum Gasteiger partial charge on any atom is -0.368 e. The van der Waals surface area contributed by atoms with Crippen molar-refractivity contribution in [2.24, 2.45) is 5.73 Å². The summed E-state index contributed by atoms with van der Waals surface area (Å²) in [5.41, 5.74) is 6.24. The number of nitrogens with two attached hydrogens (primary N) is 1. The quantitative estimate of drug-likeness (QED) is 0.391. The lowest BCUT2D eigenvalue weighted by molar-refractivity contribution is -0.121. The summed E-state index contributed by atoms with van der Waals surface area (Å²) in [6.45, 7) is 1.96. The molecule has 14 heavy (non-hydrogen) atoms. The van der Waals surface area contributed by atoms with E-state index in [1.54, 1.807) is 0 Å². The van der Waals surface area contributed by atoms with Crippen molar-refractivity contribution in [2.45, 2.75) is 32.2 Å². The van der Waals surface area contributed by atoms with Crippen molar-refractivity contribution in [3.05, 3.63) is 0 Å². The van der Waals surface area contributed by atoms with Gasteiger partial charge in [-0.25, -0.2) is 0 Å². The van der Waals surface area contributed by atoms with Crippen LogP contribution >= 0.6 is 0 Å². The largest absolute Gasteiger partial charge is 0.368 e. The van der Waals surface area contributed by atoms with Gasteiger partial charge in [-0.1, -0.05) is 0 Å². The van der Waals surface area contributed by atoms with Crippen LogP contribution in [0.4, 0.5) is 4.48 Å². The Kier molecular flexibility index (Phi) is 6.65. The van der Waals surface area contributed by atoms with Crippen molar-refractivity contribution >= 4 is 11.8 Å². The number of carbonyl (C=O) groups excluding carboxylic acids is 2.